The highest BCUT2D eigenvalue weighted by atomic mass is 35.5. The number of rotatable bonds is 6. The number of halogens is 1. The smallest absolute Gasteiger partial charge is 0.230 e. The van der Waals surface area contributed by atoms with Crippen LogP contribution in [0.25, 0.3) is 11.4 Å². The van der Waals surface area contributed by atoms with Crippen LogP contribution < -0.4 is 5.32 Å². The Morgan fingerprint density at radius 3 is 2.70 bits per heavy atom. The minimum absolute atomic E-state index is 0.0737. The van der Waals surface area contributed by atoms with Gasteiger partial charge >= 0.3 is 0 Å². The van der Waals surface area contributed by atoms with Gasteiger partial charge in [0, 0.05) is 23.2 Å². The summed E-state index contributed by atoms with van der Waals surface area (Å²) in [7, 11) is 0. The third-order valence-corrected chi connectivity index (χ3v) is 6.74. The van der Waals surface area contributed by atoms with E-state index < -0.39 is 0 Å². The minimum atomic E-state index is 0.0737. The van der Waals surface area contributed by atoms with Crippen LogP contribution in [0.2, 0.25) is 5.02 Å². The van der Waals surface area contributed by atoms with Gasteiger partial charge in [0.1, 0.15) is 0 Å². The summed E-state index contributed by atoms with van der Waals surface area (Å²) < 4.78 is 2.03. The van der Waals surface area contributed by atoms with Gasteiger partial charge in [0.25, 0.3) is 0 Å². The summed E-state index contributed by atoms with van der Waals surface area (Å²) in [6.07, 6.45) is 3.53. The molecule has 0 aliphatic heterocycles. The van der Waals surface area contributed by atoms with E-state index in [1.165, 1.54) is 24.6 Å². The van der Waals surface area contributed by atoms with Gasteiger partial charge in [0.15, 0.2) is 11.0 Å². The first kappa shape index (κ1) is 20.2. The first-order valence-electron chi connectivity index (χ1n) is 9.61. The van der Waals surface area contributed by atoms with E-state index >= 15 is 0 Å². The van der Waals surface area contributed by atoms with Crippen LogP contribution in [-0.4, -0.2) is 32.5 Å². The van der Waals surface area contributed by atoms with E-state index in [9.17, 15) is 4.79 Å². The molecule has 5 nitrogen and oxygen atoms in total. The van der Waals surface area contributed by atoms with Gasteiger partial charge in [0.05, 0.1) is 5.75 Å². The number of benzene rings is 1. The standard InChI is InChI=1S/C20H27ClN4OS/c1-4-25-19(15-8-10-16(21)11-9-15)23-24-20(25)27-12-18(26)22-17-7-5-6-13(2)14(17)3/h8-11,13-14,17H,4-7,12H2,1-3H3,(H,22,26)/t13-,14+,17+/m1/s1. The normalized spacial score (nSPS) is 22.6. The lowest BCUT2D eigenvalue weighted by molar-refractivity contribution is -0.120. The van der Waals surface area contributed by atoms with Gasteiger partial charge in [-0.2, -0.15) is 0 Å². The Hall–Kier alpha value is -1.53. The Kier molecular flexibility index (Phi) is 6.82. The van der Waals surface area contributed by atoms with E-state index in [1.54, 1.807) is 0 Å². The second-order valence-electron chi connectivity index (χ2n) is 7.29. The van der Waals surface area contributed by atoms with Crippen LogP contribution in [-0.2, 0) is 11.3 Å². The lowest BCUT2D eigenvalue weighted by Gasteiger charge is -2.34. The zero-order chi connectivity index (χ0) is 19.4. The molecule has 1 aromatic heterocycles. The summed E-state index contributed by atoms with van der Waals surface area (Å²) >= 11 is 7.41. The second-order valence-corrected chi connectivity index (χ2v) is 8.67. The predicted octanol–water partition coefficient (Wildman–Crippen LogP) is 4.65. The van der Waals surface area contributed by atoms with E-state index in [2.05, 4.69) is 36.3 Å². The maximum atomic E-state index is 12.4. The SMILES string of the molecule is CCn1c(SCC(=O)N[C@H]2CCC[C@@H](C)[C@@H]2C)nnc1-c1ccc(Cl)cc1. The van der Waals surface area contributed by atoms with Crippen LogP contribution >= 0.6 is 23.4 Å². The van der Waals surface area contributed by atoms with Crippen molar-refractivity contribution in [3.05, 3.63) is 29.3 Å². The molecule has 1 N–H and O–H groups in total. The number of thioether (sulfide) groups is 1. The molecule has 0 bridgehead atoms. The van der Waals surface area contributed by atoms with Crippen LogP contribution in [0.4, 0.5) is 0 Å². The van der Waals surface area contributed by atoms with Crippen LogP contribution in [0.3, 0.4) is 0 Å². The highest BCUT2D eigenvalue weighted by molar-refractivity contribution is 7.99. The van der Waals surface area contributed by atoms with E-state index in [0.29, 0.717) is 22.6 Å². The molecule has 0 radical (unpaired) electrons. The third kappa shape index (κ3) is 4.85. The number of nitrogens with zero attached hydrogens (tertiary/aromatic N) is 3. The van der Waals surface area contributed by atoms with Gasteiger partial charge in [0.2, 0.25) is 5.91 Å². The van der Waals surface area contributed by atoms with Crippen molar-refractivity contribution in [1.29, 1.82) is 0 Å². The molecule has 2 aromatic rings. The van der Waals surface area contributed by atoms with Gasteiger partial charge in [-0.05, 0) is 49.4 Å². The zero-order valence-corrected chi connectivity index (χ0v) is 17.7. The number of amides is 1. The van der Waals surface area contributed by atoms with E-state index in [1.807, 2.05) is 28.8 Å². The molecule has 1 aromatic carbocycles. The zero-order valence-electron chi connectivity index (χ0n) is 16.1. The molecule has 1 saturated carbocycles. The van der Waals surface area contributed by atoms with Crippen molar-refractivity contribution in [3.8, 4) is 11.4 Å². The number of carbonyl (C=O) groups excluding carboxylic acids is 1. The van der Waals surface area contributed by atoms with Crippen molar-refractivity contribution in [2.24, 2.45) is 11.8 Å². The van der Waals surface area contributed by atoms with Gasteiger partial charge < -0.3 is 9.88 Å². The van der Waals surface area contributed by atoms with Crippen LogP contribution in [0.15, 0.2) is 29.4 Å². The van der Waals surface area contributed by atoms with Crippen LogP contribution in [0.5, 0.6) is 0 Å². The molecule has 3 rings (SSSR count). The summed E-state index contributed by atoms with van der Waals surface area (Å²) in [5, 5.41) is 13.3. The highest BCUT2D eigenvalue weighted by Crippen LogP contribution is 2.30. The molecule has 3 atom stereocenters. The molecule has 27 heavy (non-hydrogen) atoms. The lowest BCUT2D eigenvalue weighted by Crippen LogP contribution is -2.44. The Morgan fingerprint density at radius 1 is 1.26 bits per heavy atom. The van der Waals surface area contributed by atoms with Crippen LogP contribution in [0, 0.1) is 11.8 Å². The molecular formula is C20H27ClN4OS. The maximum Gasteiger partial charge on any atom is 0.230 e. The van der Waals surface area contributed by atoms with E-state index in [-0.39, 0.29) is 11.9 Å². The molecule has 146 valence electrons. The van der Waals surface area contributed by atoms with Crippen molar-refractivity contribution in [1.82, 2.24) is 20.1 Å². The number of hydrogen-bond acceptors (Lipinski definition) is 4. The van der Waals surface area contributed by atoms with E-state index in [0.717, 1.165) is 29.5 Å². The lowest BCUT2D eigenvalue weighted by atomic mass is 9.78. The molecule has 1 heterocycles. The largest absolute Gasteiger partial charge is 0.352 e. The summed E-state index contributed by atoms with van der Waals surface area (Å²) in [5.74, 6) is 2.43. The number of aromatic nitrogens is 3. The molecule has 1 aliphatic rings. The van der Waals surface area contributed by atoms with Gasteiger partial charge in [-0.1, -0.05) is 50.1 Å². The fourth-order valence-electron chi connectivity index (χ4n) is 3.66. The summed E-state index contributed by atoms with van der Waals surface area (Å²) in [5.41, 5.74) is 0.968. The van der Waals surface area contributed by atoms with Crippen molar-refractivity contribution in [3.63, 3.8) is 0 Å². The number of hydrogen-bond donors (Lipinski definition) is 1. The molecular weight excluding hydrogens is 380 g/mol. The van der Waals surface area contributed by atoms with Crippen molar-refractivity contribution >= 4 is 29.3 Å². The molecule has 0 spiro atoms. The Morgan fingerprint density at radius 2 is 2.00 bits per heavy atom. The number of nitrogens with one attached hydrogen (secondary N) is 1. The molecule has 0 unspecified atom stereocenters. The maximum absolute atomic E-state index is 12.4. The summed E-state index contributed by atoms with van der Waals surface area (Å²) in [4.78, 5) is 12.4. The fourth-order valence-corrected chi connectivity index (χ4v) is 4.60. The Bertz CT molecular complexity index is 777. The van der Waals surface area contributed by atoms with Gasteiger partial charge in [-0.15, -0.1) is 10.2 Å². The molecule has 0 saturated heterocycles. The minimum Gasteiger partial charge on any atom is -0.352 e. The average molecular weight is 407 g/mol. The predicted molar refractivity (Wildman–Crippen MR) is 111 cm³/mol. The van der Waals surface area contributed by atoms with Crippen molar-refractivity contribution in [2.45, 2.75) is 57.8 Å². The highest BCUT2D eigenvalue weighted by Gasteiger charge is 2.28. The quantitative estimate of drug-likeness (QED) is 0.709. The third-order valence-electron chi connectivity index (χ3n) is 5.52. The van der Waals surface area contributed by atoms with Crippen LogP contribution in [0.1, 0.15) is 40.0 Å². The monoisotopic (exact) mass is 406 g/mol. The molecule has 1 fully saturated rings. The number of carbonyl (C=O) groups is 1. The fraction of sp³-hybridized carbons (Fsp3) is 0.550. The molecule has 7 heteroatoms. The average Bonchev–Trinajstić information content (AvgIpc) is 3.07. The Labute approximate surface area is 170 Å². The summed E-state index contributed by atoms with van der Waals surface area (Å²) in [6, 6.07) is 7.85. The second kappa shape index (κ2) is 9.11. The topological polar surface area (TPSA) is 59.8 Å². The first-order valence-corrected chi connectivity index (χ1v) is 11.0. The first-order chi connectivity index (χ1) is 13.0. The van der Waals surface area contributed by atoms with Gasteiger partial charge in [-0.3, -0.25) is 4.79 Å². The summed E-state index contributed by atoms with van der Waals surface area (Å²) in [6.45, 7) is 7.32. The van der Waals surface area contributed by atoms with E-state index in [4.69, 9.17) is 11.6 Å². The Balaban J connectivity index is 1.62. The van der Waals surface area contributed by atoms with Crippen molar-refractivity contribution in [2.75, 3.05) is 5.75 Å². The molecule has 1 amide bonds. The molecule has 1 aliphatic carbocycles. The van der Waals surface area contributed by atoms with Crippen molar-refractivity contribution < 1.29 is 4.79 Å². The van der Waals surface area contributed by atoms with Gasteiger partial charge in [-0.25, -0.2) is 0 Å².